The molecule has 1 unspecified atom stereocenters. The summed E-state index contributed by atoms with van der Waals surface area (Å²) in [5, 5.41) is 9.61. The average molecular weight is 296 g/mol. The second-order valence-electron chi connectivity index (χ2n) is 4.47. The first kappa shape index (κ1) is 16.0. The molecule has 0 spiro atoms. The monoisotopic (exact) mass is 296 g/mol. The maximum atomic E-state index is 12.3. The van der Waals surface area contributed by atoms with Gasteiger partial charge in [-0.3, -0.25) is 0 Å². The highest BCUT2D eigenvalue weighted by molar-refractivity contribution is 7.90. The van der Waals surface area contributed by atoms with Crippen LogP contribution in [0.25, 0.3) is 0 Å². The van der Waals surface area contributed by atoms with Gasteiger partial charge in [-0.1, -0.05) is 12.1 Å². The van der Waals surface area contributed by atoms with Crippen LogP contribution in [-0.4, -0.2) is 31.6 Å². The zero-order chi connectivity index (χ0) is 14.7. The summed E-state index contributed by atoms with van der Waals surface area (Å²) < 4.78 is 58.8. The van der Waals surface area contributed by atoms with Crippen molar-refractivity contribution in [2.45, 2.75) is 25.1 Å². The van der Waals surface area contributed by atoms with Crippen molar-refractivity contribution < 1.29 is 26.7 Å². The molecule has 1 N–H and O–H groups in total. The molecule has 1 aromatic rings. The Labute approximate surface area is 110 Å². The fraction of sp³-hybridized carbons (Fsp3) is 0.500. The van der Waals surface area contributed by atoms with E-state index >= 15 is 0 Å². The molecule has 0 saturated heterocycles. The van der Waals surface area contributed by atoms with Gasteiger partial charge in [0.1, 0.15) is 9.84 Å². The fourth-order valence-electron chi connectivity index (χ4n) is 1.55. The number of hydrogen-bond donors (Lipinski definition) is 1. The Morgan fingerprint density at radius 2 is 1.74 bits per heavy atom. The number of sulfone groups is 1. The maximum absolute atomic E-state index is 12.3. The summed E-state index contributed by atoms with van der Waals surface area (Å²) in [5.41, 5.74) is -0.212. The summed E-state index contributed by atoms with van der Waals surface area (Å²) in [7, 11) is -3.15. The summed E-state index contributed by atoms with van der Waals surface area (Å²) in [6, 6.07) is 4.45. The van der Waals surface area contributed by atoms with Gasteiger partial charge in [0.05, 0.1) is 17.4 Å². The third-order valence-corrected chi connectivity index (χ3v) is 3.55. The molecule has 0 aliphatic carbocycles. The number of aliphatic hydroxyl groups excluding tert-OH is 1. The van der Waals surface area contributed by atoms with Gasteiger partial charge < -0.3 is 5.11 Å². The summed E-state index contributed by atoms with van der Waals surface area (Å²) >= 11 is 0. The third-order valence-electron chi connectivity index (χ3n) is 2.57. The van der Waals surface area contributed by atoms with Crippen LogP contribution in [0.15, 0.2) is 24.3 Å². The number of aliphatic hydroxyl groups is 1. The van der Waals surface area contributed by atoms with Crippen molar-refractivity contribution in [2.75, 3.05) is 12.0 Å². The third kappa shape index (κ3) is 6.07. The van der Waals surface area contributed by atoms with E-state index in [1.54, 1.807) is 0 Å². The molecule has 0 saturated carbocycles. The molecule has 1 aromatic carbocycles. The minimum atomic E-state index is -4.38. The summed E-state index contributed by atoms with van der Waals surface area (Å²) in [5.74, 6) is -0.144. The summed E-state index contributed by atoms with van der Waals surface area (Å²) in [6.45, 7) is 0. The number of halogens is 3. The van der Waals surface area contributed by atoms with Gasteiger partial charge in [0.15, 0.2) is 0 Å². The standard InChI is InChI=1S/C12H15F3O3S/c1-19(17,18)7-6-11(16)8-9-2-4-10(5-3-9)12(13,14)15/h2-5,11,16H,6-8H2,1H3. The Kier molecular flexibility index (Phi) is 4.98. The Morgan fingerprint density at radius 3 is 2.16 bits per heavy atom. The second kappa shape index (κ2) is 5.92. The van der Waals surface area contributed by atoms with Gasteiger partial charge in [-0.2, -0.15) is 13.2 Å². The van der Waals surface area contributed by atoms with Gasteiger partial charge in [-0.05, 0) is 30.5 Å². The van der Waals surface area contributed by atoms with Crippen LogP contribution in [0.2, 0.25) is 0 Å². The number of alkyl halides is 3. The van der Waals surface area contributed by atoms with Crippen molar-refractivity contribution in [1.29, 1.82) is 0 Å². The van der Waals surface area contributed by atoms with Gasteiger partial charge >= 0.3 is 6.18 Å². The van der Waals surface area contributed by atoms with Gasteiger partial charge in [0.2, 0.25) is 0 Å². The van der Waals surface area contributed by atoms with E-state index in [4.69, 9.17) is 0 Å². The van der Waals surface area contributed by atoms with Crippen LogP contribution in [-0.2, 0) is 22.4 Å². The Balaban J connectivity index is 2.58. The molecule has 0 aromatic heterocycles. The SMILES string of the molecule is CS(=O)(=O)CCC(O)Cc1ccc(C(F)(F)F)cc1. The molecule has 0 aliphatic heterocycles. The first-order chi connectivity index (χ1) is 8.58. The van der Waals surface area contributed by atoms with Gasteiger partial charge in [-0.15, -0.1) is 0 Å². The molecule has 19 heavy (non-hydrogen) atoms. The Hall–Kier alpha value is -1.08. The fourth-order valence-corrected chi connectivity index (χ4v) is 2.25. The van der Waals surface area contributed by atoms with Crippen LogP contribution in [0.4, 0.5) is 13.2 Å². The summed E-state index contributed by atoms with van der Waals surface area (Å²) in [4.78, 5) is 0. The predicted molar refractivity (Wildman–Crippen MR) is 65.5 cm³/mol. The smallest absolute Gasteiger partial charge is 0.393 e. The molecular formula is C12H15F3O3S. The van der Waals surface area contributed by atoms with Crippen LogP contribution in [0.1, 0.15) is 17.5 Å². The number of hydrogen-bond acceptors (Lipinski definition) is 3. The van der Waals surface area contributed by atoms with E-state index in [1.807, 2.05) is 0 Å². The van der Waals surface area contributed by atoms with Gasteiger partial charge in [0, 0.05) is 6.26 Å². The van der Waals surface area contributed by atoms with E-state index in [1.165, 1.54) is 12.1 Å². The highest BCUT2D eigenvalue weighted by atomic mass is 32.2. The maximum Gasteiger partial charge on any atom is 0.416 e. The van der Waals surface area contributed by atoms with E-state index in [2.05, 4.69) is 0 Å². The second-order valence-corrected chi connectivity index (χ2v) is 6.73. The molecule has 108 valence electrons. The lowest BCUT2D eigenvalue weighted by Crippen LogP contribution is -2.16. The van der Waals surface area contributed by atoms with E-state index in [0.717, 1.165) is 18.4 Å². The number of benzene rings is 1. The molecule has 1 rings (SSSR count). The van der Waals surface area contributed by atoms with Crippen LogP contribution < -0.4 is 0 Å². The molecule has 3 nitrogen and oxygen atoms in total. The molecule has 1 atom stereocenters. The van der Waals surface area contributed by atoms with Crippen molar-refractivity contribution in [3.63, 3.8) is 0 Å². The minimum Gasteiger partial charge on any atom is -0.393 e. The largest absolute Gasteiger partial charge is 0.416 e. The van der Waals surface area contributed by atoms with E-state index in [9.17, 15) is 26.7 Å². The van der Waals surface area contributed by atoms with Crippen LogP contribution in [0, 0.1) is 0 Å². The lowest BCUT2D eigenvalue weighted by molar-refractivity contribution is -0.137. The predicted octanol–water partition coefficient (Wildman–Crippen LogP) is 2.04. The first-order valence-corrected chi connectivity index (χ1v) is 7.66. The summed E-state index contributed by atoms with van der Waals surface area (Å²) in [6.07, 6.45) is -4.00. The molecule has 7 heteroatoms. The van der Waals surface area contributed by atoms with E-state index in [-0.39, 0.29) is 18.6 Å². The normalized spacial score (nSPS) is 14.4. The topological polar surface area (TPSA) is 54.4 Å². The average Bonchev–Trinajstić information content (AvgIpc) is 2.25. The zero-order valence-corrected chi connectivity index (χ0v) is 11.1. The molecule has 0 amide bonds. The molecular weight excluding hydrogens is 281 g/mol. The van der Waals surface area contributed by atoms with E-state index < -0.39 is 27.7 Å². The quantitative estimate of drug-likeness (QED) is 0.904. The molecule has 0 fully saturated rings. The minimum absolute atomic E-state index is 0.0693. The van der Waals surface area contributed by atoms with Gasteiger partial charge in [-0.25, -0.2) is 8.42 Å². The molecule has 0 aliphatic rings. The highest BCUT2D eigenvalue weighted by Crippen LogP contribution is 2.29. The Bertz CT molecular complexity index is 506. The van der Waals surface area contributed by atoms with Crippen molar-refractivity contribution in [1.82, 2.24) is 0 Å². The first-order valence-electron chi connectivity index (χ1n) is 5.60. The zero-order valence-electron chi connectivity index (χ0n) is 10.3. The lowest BCUT2D eigenvalue weighted by Gasteiger charge is -2.11. The molecule has 0 heterocycles. The molecule has 0 bridgehead atoms. The van der Waals surface area contributed by atoms with Crippen LogP contribution in [0.5, 0.6) is 0 Å². The van der Waals surface area contributed by atoms with Crippen molar-refractivity contribution >= 4 is 9.84 Å². The Morgan fingerprint density at radius 1 is 1.21 bits per heavy atom. The van der Waals surface area contributed by atoms with Crippen molar-refractivity contribution in [3.05, 3.63) is 35.4 Å². The molecule has 0 radical (unpaired) electrons. The van der Waals surface area contributed by atoms with Crippen LogP contribution >= 0.6 is 0 Å². The van der Waals surface area contributed by atoms with Gasteiger partial charge in [0.25, 0.3) is 0 Å². The lowest BCUT2D eigenvalue weighted by atomic mass is 10.0. The number of rotatable bonds is 5. The highest BCUT2D eigenvalue weighted by Gasteiger charge is 2.29. The van der Waals surface area contributed by atoms with Crippen molar-refractivity contribution in [3.8, 4) is 0 Å². The van der Waals surface area contributed by atoms with Crippen LogP contribution in [0.3, 0.4) is 0 Å². The van der Waals surface area contributed by atoms with Crippen molar-refractivity contribution in [2.24, 2.45) is 0 Å². The van der Waals surface area contributed by atoms with E-state index in [0.29, 0.717) is 5.56 Å².